The molecular formula is C16H23N3O4S. The lowest BCUT2D eigenvalue weighted by Gasteiger charge is -2.16. The highest BCUT2D eigenvalue weighted by molar-refractivity contribution is 7.91. The number of aromatic nitrogens is 2. The van der Waals surface area contributed by atoms with Gasteiger partial charge in [0.15, 0.2) is 9.84 Å². The summed E-state index contributed by atoms with van der Waals surface area (Å²) in [6.07, 6.45) is 5.35. The summed E-state index contributed by atoms with van der Waals surface area (Å²) in [5, 5.41) is 7.57. The molecule has 2 fully saturated rings. The van der Waals surface area contributed by atoms with Gasteiger partial charge in [-0.25, -0.2) is 8.42 Å². The molecule has 132 valence electrons. The molecule has 4 rings (SSSR count). The summed E-state index contributed by atoms with van der Waals surface area (Å²) in [5.74, 6) is 0.115. The van der Waals surface area contributed by atoms with E-state index in [4.69, 9.17) is 4.74 Å². The van der Waals surface area contributed by atoms with E-state index in [-0.39, 0.29) is 29.6 Å². The van der Waals surface area contributed by atoms with E-state index < -0.39 is 9.84 Å². The number of hydrogen-bond donors (Lipinski definition) is 1. The van der Waals surface area contributed by atoms with Gasteiger partial charge in [0, 0.05) is 18.7 Å². The van der Waals surface area contributed by atoms with E-state index in [1.54, 1.807) is 4.68 Å². The molecule has 2 atom stereocenters. The van der Waals surface area contributed by atoms with Gasteiger partial charge in [-0.3, -0.25) is 9.48 Å². The second-order valence-electron chi connectivity index (χ2n) is 6.97. The fourth-order valence-electron chi connectivity index (χ4n) is 3.98. The van der Waals surface area contributed by atoms with Crippen molar-refractivity contribution in [2.24, 2.45) is 0 Å². The number of aryl methyl sites for hydroxylation is 1. The maximum Gasteiger partial charge on any atom is 0.269 e. The van der Waals surface area contributed by atoms with Gasteiger partial charge in [-0.15, -0.1) is 0 Å². The van der Waals surface area contributed by atoms with Crippen LogP contribution in [0.15, 0.2) is 0 Å². The van der Waals surface area contributed by atoms with Gasteiger partial charge in [-0.05, 0) is 38.5 Å². The van der Waals surface area contributed by atoms with Crippen LogP contribution in [0.5, 0.6) is 0 Å². The summed E-state index contributed by atoms with van der Waals surface area (Å²) >= 11 is 0. The van der Waals surface area contributed by atoms with E-state index in [2.05, 4.69) is 10.4 Å². The van der Waals surface area contributed by atoms with Crippen LogP contribution in [0.2, 0.25) is 0 Å². The van der Waals surface area contributed by atoms with Crippen molar-refractivity contribution >= 4 is 15.7 Å². The average molecular weight is 353 g/mol. The molecule has 2 unspecified atom stereocenters. The lowest BCUT2D eigenvalue weighted by atomic mass is 10.1. The van der Waals surface area contributed by atoms with Crippen molar-refractivity contribution in [3.63, 3.8) is 0 Å². The summed E-state index contributed by atoms with van der Waals surface area (Å²) in [6.45, 7) is 1.26. The van der Waals surface area contributed by atoms with Gasteiger partial charge >= 0.3 is 0 Å². The molecule has 2 saturated heterocycles. The Hall–Kier alpha value is -1.41. The third kappa shape index (κ3) is 2.97. The van der Waals surface area contributed by atoms with E-state index in [9.17, 15) is 13.2 Å². The van der Waals surface area contributed by atoms with Crippen LogP contribution in [0.4, 0.5) is 0 Å². The van der Waals surface area contributed by atoms with Crippen LogP contribution in [0.1, 0.15) is 53.5 Å². The smallest absolute Gasteiger partial charge is 0.269 e. The molecule has 1 aromatic rings. The van der Waals surface area contributed by atoms with E-state index in [1.165, 1.54) is 0 Å². The number of amides is 1. The molecule has 1 N–H and O–H groups in total. The van der Waals surface area contributed by atoms with Gasteiger partial charge in [0.25, 0.3) is 5.91 Å². The van der Waals surface area contributed by atoms with Crippen LogP contribution < -0.4 is 5.32 Å². The molecule has 1 aromatic heterocycles. The van der Waals surface area contributed by atoms with Crippen molar-refractivity contribution < 1.29 is 17.9 Å². The summed E-state index contributed by atoms with van der Waals surface area (Å²) in [6, 6.07) is -0.218. The van der Waals surface area contributed by atoms with Crippen LogP contribution in [0.25, 0.3) is 0 Å². The van der Waals surface area contributed by atoms with Crippen molar-refractivity contribution in [2.75, 3.05) is 24.7 Å². The minimum atomic E-state index is -3.02. The van der Waals surface area contributed by atoms with Gasteiger partial charge < -0.3 is 10.1 Å². The molecule has 0 spiro atoms. The predicted octanol–water partition coefficient (Wildman–Crippen LogP) is 0.640. The van der Waals surface area contributed by atoms with Crippen LogP contribution in [-0.4, -0.2) is 54.9 Å². The molecule has 0 radical (unpaired) electrons. The lowest BCUT2D eigenvalue weighted by molar-refractivity contribution is 0.0846. The van der Waals surface area contributed by atoms with E-state index in [1.807, 2.05) is 0 Å². The summed E-state index contributed by atoms with van der Waals surface area (Å²) in [4.78, 5) is 12.8. The Morgan fingerprint density at radius 2 is 2.17 bits per heavy atom. The first-order chi connectivity index (χ1) is 11.5. The second-order valence-corrected chi connectivity index (χ2v) is 9.20. The lowest BCUT2D eigenvalue weighted by Crippen LogP contribution is -2.34. The fraction of sp³-hybridized carbons (Fsp3) is 0.750. The normalized spacial score (nSPS) is 28.2. The number of sulfone groups is 1. The minimum absolute atomic E-state index is 0.0829. The highest BCUT2D eigenvalue weighted by Gasteiger charge is 2.35. The first-order valence-electron chi connectivity index (χ1n) is 8.74. The van der Waals surface area contributed by atoms with E-state index in [0.29, 0.717) is 18.7 Å². The van der Waals surface area contributed by atoms with Crippen molar-refractivity contribution in [3.8, 4) is 0 Å². The van der Waals surface area contributed by atoms with Crippen LogP contribution >= 0.6 is 0 Å². The highest BCUT2D eigenvalue weighted by Crippen LogP contribution is 2.31. The van der Waals surface area contributed by atoms with Crippen LogP contribution in [0, 0.1) is 0 Å². The number of ether oxygens (including phenoxy) is 1. The number of fused-ring (bicyclic) bond motifs is 1. The molecule has 1 aliphatic carbocycles. The SMILES string of the molecule is O=C(NCC1CCCO1)c1c2c(nn1C1CCS(=O)(=O)C1)CCC2. The van der Waals surface area contributed by atoms with Crippen molar-refractivity contribution in [1.29, 1.82) is 0 Å². The zero-order valence-electron chi connectivity index (χ0n) is 13.7. The van der Waals surface area contributed by atoms with Gasteiger partial charge in [0.1, 0.15) is 5.69 Å². The fourth-order valence-corrected chi connectivity index (χ4v) is 5.67. The number of nitrogens with zero attached hydrogens (tertiary/aromatic N) is 2. The van der Waals surface area contributed by atoms with E-state index in [0.717, 1.165) is 50.0 Å². The van der Waals surface area contributed by atoms with Crippen molar-refractivity contribution in [2.45, 2.75) is 50.7 Å². The molecule has 2 aliphatic heterocycles. The number of rotatable bonds is 4. The molecule has 3 aliphatic rings. The Morgan fingerprint density at radius 1 is 1.29 bits per heavy atom. The molecule has 7 nitrogen and oxygen atoms in total. The molecule has 0 saturated carbocycles. The Morgan fingerprint density at radius 3 is 2.88 bits per heavy atom. The molecule has 3 heterocycles. The Bertz CT molecular complexity index is 750. The molecular weight excluding hydrogens is 330 g/mol. The summed E-state index contributed by atoms with van der Waals surface area (Å²) < 4.78 is 30.9. The molecule has 1 amide bonds. The van der Waals surface area contributed by atoms with Gasteiger partial charge in [0.05, 0.1) is 29.3 Å². The Labute approximate surface area is 141 Å². The van der Waals surface area contributed by atoms with E-state index >= 15 is 0 Å². The molecule has 8 heteroatoms. The average Bonchev–Trinajstić information content (AvgIpc) is 3.27. The number of carbonyl (C=O) groups is 1. The highest BCUT2D eigenvalue weighted by atomic mass is 32.2. The van der Waals surface area contributed by atoms with Crippen molar-refractivity contribution in [1.82, 2.24) is 15.1 Å². The number of carbonyl (C=O) groups excluding carboxylic acids is 1. The van der Waals surface area contributed by atoms with Gasteiger partial charge in [-0.2, -0.15) is 5.10 Å². The van der Waals surface area contributed by atoms with Crippen LogP contribution in [-0.2, 0) is 27.4 Å². The quantitative estimate of drug-likeness (QED) is 0.858. The monoisotopic (exact) mass is 353 g/mol. The zero-order valence-corrected chi connectivity index (χ0v) is 14.5. The Balaban J connectivity index is 1.57. The van der Waals surface area contributed by atoms with Crippen LogP contribution in [0.3, 0.4) is 0 Å². The maximum atomic E-state index is 12.8. The summed E-state index contributed by atoms with van der Waals surface area (Å²) in [5.41, 5.74) is 2.54. The maximum absolute atomic E-state index is 12.8. The predicted molar refractivity (Wildman–Crippen MR) is 87.9 cm³/mol. The molecule has 24 heavy (non-hydrogen) atoms. The third-order valence-corrected chi connectivity index (χ3v) is 6.97. The second kappa shape index (κ2) is 6.15. The van der Waals surface area contributed by atoms with Crippen molar-refractivity contribution in [3.05, 3.63) is 17.0 Å². The van der Waals surface area contributed by atoms with Gasteiger partial charge in [0.2, 0.25) is 0 Å². The standard InChI is InChI=1S/C16H23N3O4S/c20-16(17-9-12-3-2-7-23-12)15-13-4-1-5-14(13)18-19(15)11-6-8-24(21,22)10-11/h11-12H,1-10H2,(H,17,20). The topological polar surface area (TPSA) is 90.3 Å². The molecule has 0 aromatic carbocycles. The largest absolute Gasteiger partial charge is 0.376 e. The third-order valence-electron chi connectivity index (χ3n) is 5.22. The minimum Gasteiger partial charge on any atom is -0.376 e. The zero-order chi connectivity index (χ0) is 16.7. The number of nitrogens with one attached hydrogen (secondary N) is 1. The number of hydrogen-bond acceptors (Lipinski definition) is 5. The first kappa shape index (κ1) is 16.1. The Kier molecular flexibility index (Phi) is 4.12. The van der Waals surface area contributed by atoms with Gasteiger partial charge in [-0.1, -0.05) is 0 Å². The first-order valence-corrected chi connectivity index (χ1v) is 10.6. The molecule has 0 bridgehead atoms. The summed E-state index contributed by atoms with van der Waals surface area (Å²) in [7, 11) is -3.02.